The molecular weight excluding hydrogens is 218 g/mol. The Hall–Kier alpha value is -0.160. The van der Waals surface area contributed by atoms with Crippen molar-refractivity contribution in [2.75, 3.05) is 26.9 Å². The first-order valence-corrected chi connectivity index (χ1v) is 6.42. The van der Waals surface area contributed by atoms with E-state index in [-0.39, 0.29) is 18.2 Å². The molecule has 0 amide bonds. The van der Waals surface area contributed by atoms with E-state index in [1.54, 1.807) is 7.11 Å². The highest BCUT2D eigenvalue weighted by molar-refractivity contribution is 4.85. The third-order valence-corrected chi connectivity index (χ3v) is 2.62. The van der Waals surface area contributed by atoms with E-state index in [9.17, 15) is 5.11 Å². The van der Waals surface area contributed by atoms with Gasteiger partial charge in [0.1, 0.15) is 0 Å². The van der Waals surface area contributed by atoms with Gasteiger partial charge in [-0.3, -0.25) is 0 Å². The fourth-order valence-corrected chi connectivity index (χ4v) is 2.05. The lowest BCUT2D eigenvalue weighted by Crippen LogP contribution is -2.51. The van der Waals surface area contributed by atoms with Gasteiger partial charge >= 0.3 is 0 Å². The van der Waals surface area contributed by atoms with Crippen LogP contribution in [-0.2, 0) is 9.47 Å². The molecule has 4 heteroatoms. The van der Waals surface area contributed by atoms with Crippen LogP contribution < -0.4 is 5.32 Å². The molecule has 2 unspecified atom stereocenters. The molecule has 0 fully saturated rings. The fourth-order valence-electron chi connectivity index (χ4n) is 2.05. The van der Waals surface area contributed by atoms with Crippen LogP contribution in [0.15, 0.2) is 0 Å². The Morgan fingerprint density at radius 3 is 2.35 bits per heavy atom. The quantitative estimate of drug-likeness (QED) is 0.575. The Labute approximate surface area is 106 Å². The summed E-state index contributed by atoms with van der Waals surface area (Å²) in [7, 11) is 1.69. The predicted molar refractivity (Wildman–Crippen MR) is 70.3 cm³/mol. The minimum absolute atomic E-state index is 0.122. The zero-order chi connectivity index (χ0) is 13.3. The van der Waals surface area contributed by atoms with Gasteiger partial charge in [0.2, 0.25) is 0 Å². The van der Waals surface area contributed by atoms with Crippen LogP contribution in [0.1, 0.15) is 40.5 Å². The average Bonchev–Trinajstić information content (AvgIpc) is 2.23. The minimum Gasteiger partial charge on any atom is -0.394 e. The third kappa shape index (κ3) is 8.55. The molecule has 0 aliphatic rings. The maximum Gasteiger partial charge on any atom is 0.0611 e. The molecule has 2 atom stereocenters. The standard InChI is InChI=1S/C13H29NO3/c1-11(2)14-13(4,10-15)9-12(3)17-8-6-7-16-5/h11-12,14-15H,6-10H2,1-5H3. The number of nitrogens with one attached hydrogen (secondary N) is 1. The molecule has 2 N–H and O–H groups in total. The molecule has 0 bridgehead atoms. The molecule has 4 nitrogen and oxygen atoms in total. The summed E-state index contributed by atoms with van der Waals surface area (Å²) in [6, 6.07) is 0.354. The molecule has 0 rings (SSSR count). The van der Waals surface area contributed by atoms with E-state index in [4.69, 9.17) is 9.47 Å². The first-order valence-electron chi connectivity index (χ1n) is 6.42. The second-order valence-electron chi connectivity index (χ2n) is 5.25. The van der Waals surface area contributed by atoms with Gasteiger partial charge in [0.05, 0.1) is 12.7 Å². The molecule has 0 spiro atoms. The molecule has 0 aromatic rings. The van der Waals surface area contributed by atoms with Gasteiger partial charge < -0.3 is 19.9 Å². The van der Waals surface area contributed by atoms with E-state index in [2.05, 4.69) is 19.2 Å². The summed E-state index contributed by atoms with van der Waals surface area (Å²) in [5.74, 6) is 0. The molecule has 0 saturated carbocycles. The van der Waals surface area contributed by atoms with E-state index in [1.165, 1.54) is 0 Å². The van der Waals surface area contributed by atoms with E-state index < -0.39 is 0 Å². The van der Waals surface area contributed by atoms with Gasteiger partial charge in [-0.2, -0.15) is 0 Å². The normalized spacial score (nSPS) is 17.1. The van der Waals surface area contributed by atoms with Crippen LogP contribution >= 0.6 is 0 Å². The van der Waals surface area contributed by atoms with Crippen molar-refractivity contribution < 1.29 is 14.6 Å². The van der Waals surface area contributed by atoms with Gasteiger partial charge in [0, 0.05) is 31.9 Å². The zero-order valence-electron chi connectivity index (χ0n) is 12.0. The monoisotopic (exact) mass is 247 g/mol. The van der Waals surface area contributed by atoms with Gasteiger partial charge in [0.25, 0.3) is 0 Å². The van der Waals surface area contributed by atoms with Gasteiger partial charge in [-0.05, 0) is 26.7 Å². The van der Waals surface area contributed by atoms with Crippen molar-refractivity contribution in [2.45, 2.75) is 58.2 Å². The van der Waals surface area contributed by atoms with Crippen LogP contribution in [0.5, 0.6) is 0 Å². The molecule has 0 radical (unpaired) electrons. The minimum atomic E-state index is -0.269. The number of hydrogen-bond donors (Lipinski definition) is 2. The van der Waals surface area contributed by atoms with Gasteiger partial charge in [-0.15, -0.1) is 0 Å². The number of rotatable bonds is 10. The van der Waals surface area contributed by atoms with Gasteiger partial charge in [-0.1, -0.05) is 13.8 Å². The van der Waals surface area contributed by atoms with Crippen molar-refractivity contribution in [1.82, 2.24) is 5.32 Å². The maximum atomic E-state index is 9.45. The van der Waals surface area contributed by atoms with Crippen LogP contribution in [0, 0.1) is 0 Å². The molecule has 17 heavy (non-hydrogen) atoms. The highest BCUT2D eigenvalue weighted by atomic mass is 16.5. The van der Waals surface area contributed by atoms with Crippen molar-refractivity contribution >= 4 is 0 Å². The SMILES string of the molecule is COCCCOC(C)CC(C)(CO)NC(C)C. The Balaban J connectivity index is 3.92. The van der Waals surface area contributed by atoms with E-state index in [0.29, 0.717) is 12.6 Å². The first-order chi connectivity index (χ1) is 7.93. The lowest BCUT2D eigenvalue weighted by Gasteiger charge is -2.33. The van der Waals surface area contributed by atoms with Crippen molar-refractivity contribution in [3.63, 3.8) is 0 Å². The lowest BCUT2D eigenvalue weighted by atomic mass is 9.95. The van der Waals surface area contributed by atoms with Crippen LogP contribution in [0.2, 0.25) is 0 Å². The maximum absolute atomic E-state index is 9.45. The first kappa shape index (κ1) is 16.8. The fraction of sp³-hybridized carbons (Fsp3) is 1.00. The summed E-state index contributed by atoms with van der Waals surface area (Å²) in [6.45, 7) is 9.80. The van der Waals surface area contributed by atoms with Crippen molar-refractivity contribution in [1.29, 1.82) is 0 Å². The van der Waals surface area contributed by atoms with Crippen LogP contribution in [-0.4, -0.2) is 49.7 Å². The summed E-state index contributed by atoms with van der Waals surface area (Å²) >= 11 is 0. The van der Waals surface area contributed by atoms with Crippen molar-refractivity contribution in [3.8, 4) is 0 Å². The Morgan fingerprint density at radius 2 is 1.88 bits per heavy atom. The zero-order valence-corrected chi connectivity index (χ0v) is 12.0. The molecule has 104 valence electrons. The van der Waals surface area contributed by atoms with E-state index in [1.807, 2.05) is 13.8 Å². The number of methoxy groups -OCH3 is 1. The number of hydrogen-bond acceptors (Lipinski definition) is 4. The molecule has 0 heterocycles. The molecule has 0 aromatic carbocycles. The summed E-state index contributed by atoms with van der Waals surface area (Å²) in [6.07, 6.45) is 1.85. The Kier molecular flexibility index (Phi) is 8.78. The van der Waals surface area contributed by atoms with E-state index >= 15 is 0 Å². The number of ether oxygens (including phenoxy) is 2. The van der Waals surface area contributed by atoms with Gasteiger partial charge in [0.15, 0.2) is 0 Å². The Bertz CT molecular complexity index is 188. The predicted octanol–water partition coefficient (Wildman–Crippen LogP) is 1.57. The van der Waals surface area contributed by atoms with Crippen molar-refractivity contribution in [3.05, 3.63) is 0 Å². The summed E-state index contributed by atoms with van der Waals surface area (Å²) < 4.78 is 10.7. The molecule has 0 saturated heterocycles. The summed E-state index contributed by atoms with van der Waals surface area (Å²) in [4.78, 5) is 0. The topological polar surface area (TPSA) is 50.7 Å². The number of aliphatic hydroxyl groups is 1. The summed E-state index contributed by atoms with van der Waals surface area (Å²) in [5, 5.41) is 12.8. The van der Waals surface area contributed by atoms with Crippen LogP contribution in [0.3, 0.4) is 0 Å². The third-order valence-electron chi connectivity index (χ3n) is 2.62. The Morgan fingerprint density at radius 1 is 1.24 bits per heavy atom. The summed E-state index contributed by atoms with van der Waals surface area (Å²) in [5.41, 5.74) is -0.269. The second-order valence-corrected chi connectivity index (χ2v) is 5.25. The second kappa shape index (κ2) is 8.86. The molecular formula is C13H29NO3. The highest BCUT2D eigenvalue weighted by Gasteiger charge is 2.26. The smallest absolute Gasteiger partial charge is 0.0611 e. The van der Waals surface area contributed by atoms with Crippen LogP contribution in [0.25, 0.3) is 0 Å². The number of aliphatic hydroxyl groups excluding tert-OH is 1. The lowest BCUT2D eigenvalue weighted by molar-refractivity contribution is 0.0176. The molecule has 0 aromatic heterocycles. The molecule has 0 aliphatic carbocycles. The highest BCUT2D eigenvalue weighted by Crippen LogP contribution is 2.15. The van der Waals surface area contributed by atoms with Crippen molar-refractivity contribution in [2.24, 2.45) is 0 Å². The van der Waals surface area contributed by atoms with Crippen LogP contribution in [0.4, 0.5) is 0 Å². The molecule has 0 aliphatic heterocycles. The van der Waals surface area contributed by atoms with E-state index in [0.717, 1.165) is 19.4 Å². The van der Waals surface area contributed by atoms with Gasteiger partial charge in [-0.25, -0.2) is 0 Å². The largest absolute Gasteiger partial charge is 0.394 e. The average molecular weight is 247 g/mol.